The lowest BCUT2D eigenvalue weighted by atomic mass is 10.1. The van der Waals surface area contributed by atoms with Gasteiger partial charge in [0.1, 0.15) is 17.2 Å². The van der Waals surface area contributed by atoms with Crippen molar-refractivity contribution in [3.8, 4) is 39.9 Å². The van der Waals surface area contributed by atoms with Crippen molar-refractivity contribution in [3.05, 3.63) is 138 Å². The van der Waals surface area contributed by atoms with Crippen molar-refractivity contribution in [2.24, 2.45) is 0 Å². The third-order valence-corrected chi connectivity index (χ3v) is 23.2. The SMILES string of the molecule is CCCCCCCCCCCCOc1ccc(C(=O)Oc2ccc(C(=O)Oc3cccc(-c4ccc(OC(=O)c5ccc(OCCCCCCCCCCC[Si](C)(C)O[Si](C)(C)O[Si](C)(C)C)c(F)c5)cc4)c3)cc2)cc1F. The highest BCUT2D eigenvalue weighted by Gasteiger charge is 2.37. The molecule has 0 aromatic heterocycles. The molecule has 5 rings (SSSR count). The Morgan fingerprint density at radius 3 is 1.28 bits per heavy atom. The van der Waals surface area contributed by atoms with Gasteiger partial charge in [-0.3, -0.25) is 0 Å². The monoisotopic (exact) mass is 1120 g/mol. The summed E-state index contributed by atoms with van der Waals surface area (Å²) >= 11 is 0. The maximum atomic E-state index is 15.0. The van der Waals surface area contributed by atoms with E-state index in [4.69, 9.17) is 31.9 Å². The lowest BCUT2D eigenvalue weighted by Gasteiger charge is -2.37. The molecule has 0 spiro atoms. The van der Waals surface area contributed by atoms with E-state index in [0.717, 1.165) is 61.8 Å². The van der Waals surface area contributed by atoms with Crippen LogP contribution in [0.4, 0.5) is 8.78 Å². The smallest absolute Gasteiger partial charge is 0.343 e. The van der Waals surface area contributed by atoms with Crippen molar-refractivity contribution >= 4 is 43.1 Å². The molecule has 0 saturated heterocycles. The first kappa shape index (κ1) is 63.4. The molecule has 5 aromatic rings. The van der Waals surface area contributed by atoms with E-state index in [1.54, 1.807) is 42.5 Å². The zero-order valence-corrected chi connectivity index (χ0v) is 50.8. The van der Waals surface area contributed by atoms with Crippen molar-refractivity contribution in [1.82, 2.24) is 0 Å². The quantitative estimate of drug-likeness (QED) is 0.0166. The van der Waals surface area contributed by atoms with Crippen LogP contribution in [-0.4, -0.2) is 56.3 Å². The number of halogens is 2. The number of esters is 3. The molecule has 0 radical (unpaired) electrons. The van der Waals surface area contributed by atoms with Gasteiger partial charge in [0.05, 0.1) is 29.9 Å². The number of carbonyl (C=O) groups is 3. The normalized spacial score (nSPS) is 11.8. The van der Waals surface area contributed by atoms with Gasteiger partial charge in [0.15, 0.2) is 39.8 Å². The van der Waals surface area contributed by atoms with Gasteiger partial charge in [-0.15, -0.1) is 0 Å². The minimum absolute atomic E-state index is 0.0267. The van der Waals surface area contributed by atoms with Gasteiger partial charge < -0.3 is 31.9 Å². The number of carbonyl (C=O) groups excluding carboxylic acids is 3. The van der Waals surface area contributed by atoms with Gasteiger partial charge in [-0.2, -0.15) is 0 Å². The summed E-state index contributed by atoms with van der Waals surface area (Å²) in [6.45, 7) is 18.8. The van der Waals surface area contributed by atoms with E-state index in [9.17, 15) is 18.8 Å². The molecule has 78 heavy (non-hydrogen) atoms. The number of hydrogen-bond acceptors (Lipinski definition) is 10. The predicted molar refractivity (Wildman–Crippen MR) is 316 cm³/mol. The van der Waals surface area contributed by atoms with Crippen LogP contribution in [0.15, 0.2) is 109 Å². The number of unbranched alkanes of at least 4 members (excludes halogenated alkanes) is 17. The van der Waals surface area contributed by atoms with Crippen molar-refractivity contribution in [3.63, 3.8) is 0 Å². The van der Waals surface area contributed by atoms with E-state index >= 15 is 4.39 Å². The second kappa shape index (κ2) is 32.6. The highest BCUT2D eigenvalue weighted by atomic mass is 28.5. The van der Waals surface area contributed by atoms with Crippen LogP contribution in [-0.2, 0) is 8.23 Å². The maximum absolute atomic E-state index is 15.0. The second-order valence-electron chi connectivity index (χ2n) is 22.3. The molecule has 0 aliphatic rings. The Hall–Kier alpha value is -5.46. The second-order valence-corrected chi connectivity index (χ2v) is 35.0. The fraction of sp³-hybridized carbons (Fsp3) is 0.476. The molecule has 424 valence electrons. The number of rotatable bonds is 36. The zero-order chi connectivity index (χ0) is 56.4. The summed E-state index contributed by atoms with van der Waals surface area (Å²) < 4.78 is 70.9. The largest absolute Gasteiger partial charge is 0.491 e. The molecule has 0 saturated carbocycles. The Bertz CT molecular complexity index is 2620. The maximum Gasteiger partial charge on any atom is 0.343 e. The summed E-state index contributed by atoms with van der Waals surface area (Å²) in [5.41, 5.74) is 1.81. The van der Waals surface area contributed by atoms with Crippen LogP contribution < -0.4 is 23.7 Å². The molecule has 0 fully saturated rings. The molecule has 0 aliphatic heterocycles. The van der Waals surface area contributed by atoms with Crippen molar-refractivity contribution in [2.45, 2.75) is 181 Å². The molecule has 0 N–H and O–H groups in total. The Morgan fingerprint density at radius 2 is 0.821 bits per heavy atom. The highest BCUT2D eigenvalue weighted by molar-refractivity contribution is 6.87. The van der Waals surface area contributed by atoms with E-state index < -0.39 is 54.7 Å². The Morgan fingerprint density at radius 1 is 0.410 bits per heavy atom. The Labute approximate surface area is 467 Å². The molecular weight excluding hydrogens is 1040 g/mol. The zero-order valence-electron chi connectivity index (χ0n) is 47.8. The van der Waals surface area contributed by atoms with Gasteiger partial charge in [0.2, 0.25) is 0 Å². The standard InChI is InChI=1S/C63H86F2O10Si3/c1-9-10-11-12-13-14-16-19-22-25-43-69-60-42-36-53(48-58(60)65)63(68)72-55-39-33-50(34-40-55)61(66)73-56-30-28-29-51(46-56)49-31-37-54(38-32-49)71-62(67)52-35-41-59(57(64)47-52)70-44-26-23-20-17-15-18-21-24-27-45-77(5,6)75-78(7,8)74-76(2,3)4/h28-42,46-48H,9-27,43-45H2,1-8H3. The van der Waals surface area contributed by atoms with Crippen LogP contribution in [0, 0.1) is 11.6 Å². The topological polar surface area (TPSA) is 116 Å². The van der Waals surface area contributed by atoms with Crippen molar-refractivity contribution in [2.75, 3.05) is 13.2 Å². The summed E-state index contributed by atoms with van der Waals surface area (Å²) in [4.78, 5) is 38.9. The highest BCUT2D eigenvalue weighted by Crippen LogP contribution is 2.29. The van der Waals surface area contributed by atoms with Crippen LogP contribution >= 0.6 is 0 Å². The van der Waals surface area contributed by atoms with Gasteiger partial charge in [0, 0.05) is 0 Å². The average Bonchev–Trinajstić information content (AvgIpc) is 3.42. The van der Waals surface area contributed by atoms with Crippen LogP contribution in [0.25, 0.3) is 11.1 Å². The van der Waals surface area contributed by atoms with E-state index in [1.165, 1.54) is 138 Å². The molecule has 0 atom stereocenters. The summed E-state index contributed by atoms with van der Waals surface area (Å²) in [5.74, 6) is -2.44. The minimum atomic E-state index is -2.09. The van der Waals surface area contributed by atoms with Crippen LogP contribution in [0.3, 0.4) is 0 Å². The average molecular weight is 1130 g/mol. The van der Waals surface area contributed by atoms with Gasteiger partial charge in [0.25, 0.3) is 0 Å². The lowest BCUT2D eigenvalue weighted by molar-refractivity contribution is 0.0723. The number of benzene rings is 5. The van der Waals surface area contributed by atoms with Gasteiger partial charge in [-0.05, 0) is 161 Å². The van der Waals surface area contributed by atoms with E-state index in [1.807, 2.05) is 6.07 Å². The fourth-order valence-corrected chi connectivity index (χ4v) is 22.7. The van der Waals surface area contributed by atoms with Crippen LogP contribution in [0.5, 0.6) is 28.7 Å². The van der Waals surface area contributed by atoms with E-state index in [-0.39, 0.29) is 39.7 Å². The summed E-state index contributed by atoms with van der Waals surface area (Å²) in [7, 11) is -5.44. The number of hydrogen-bond donors (Lipinski definition) is 0. The lowest BCUT2D eigenvalue weighted by Crippen LogP contribution is -2.51. The predicted octanol–water partition coefficient (Wildman–Crippen LogP) is 18.3. The Kier molecular flexibility index (Phi) is 26.5. The molecular formula is C63H86F2O10Si3. The van der Waals surface area contributed by atoms with Crippen LogP contribution in [0.2, 0.25) is 51.9 Å². The molecule has 15 heteroatoms. The molecule has 10 nitrogen and oxygen atoms in total. The van der Waals surface area contributed by atoms with E-state index in [2.05, 4.69) is 52.8 Å². The third-order valence-electron chi connectivity index (χ3n) is 13.1. The first-order valence-electron chi connectivity index (χ1n) is 28.5. The molecule has 0 unspecified atom stereocenters. The molecule has 0 bridgehead atoms. The third kappa shape index (κ3) is 23.9. The van der Waals surface area contributed by atoms with E-state index in [0.29, 0.717) is 19.0 Å². The minimum Gasteiger partial charge on any atom is -0.491 e. The summed E-state index contributed by atoms with van der Waals surface area (Å²) in [6, 6.07) is 28.8. The van der Waals surface area contributed by atoms with Gasteiger partial charge >= 0.3 is 26.5 Å². The molecule has 0 heterocycles. The summed E-state index contributed by atoms with van der Waals surface area (Å²) in [6.07, 6.45) is 22.2. The molecule has 0 amide bonds. The first-order chi connectivity index (χ1) is 37.3. The van der Waals surface area contributed by atoms with Crippen LogP contribution in [0.1, 0.15) is 160 Å². The van der Waals surface area contributed by atoms with Gasteiger partial charge in [-0.25, -0.2) is 23.2 Å². The molecule has 0 aliphatic carbocycles. The van der Waals surface area contributed by atoms with Crippen molar-refractivity contribution < 1.29 is 55.1 Å². The van der Waals surface area contributed by atoms with Gasteiger partial charge in [-0.1, -0.05) is 140 Å². The van der Waals surface area contributed by atoms with Crippen molar-refractivity contribution in [1.29, 1.82) is 0 Å². The summed E-state index contributed by atoms with van der Waals surface area (Å²) in [5, 5.41) is 0. The fourth-order valence-electron chi connectivity index (χ4n) is 9.42. The molecule has 5 aromatic carbocycles. The Balaban J connectivity index is 0.958. The number of ether oxygens (including phenoxy) is 5. The first-order valence-corrected chi connectivity index (χ1v) is 37.9.